The van der Waals surface area contributed by atoms with Gasteiger partial charge in [0.25, 0.3) is 0 Å². The maximum Gasteiger partial charge on any atom is 0.239 e. The van der Waals surface area contributed by atoms with Crippen molar-refractivity contribution in [2.75, 3.05) is 5.43 Å². The maximum atomic E-state index is 12.0. The number of hydrogen-bond acceptors (Lipinski definition) is 3. The number of aromatic nitrogens is 2. The smallest absolute Gasteiger partial charge is 0.239 e. The molecular weight excluding hydrogens is 270 g/mol. The molecule has 2 aromatic rings. The zero-order chi connectivity index (χ0) is 14.7. The molecule has 0 aliphatic rings. The van der Waals surface area contributed by atoms with Gasteiger partial charge in [0.1, 0.15) is 4.64 Å². The molecule has 0 spiro atoms. The molecule has 2 rings (SSSR count). The van der Waals surface area contributed by atoms with E-state index in [1.54, 1.807) is 10.9 Å². The monoisotopic (exact) mass is 289 g/mol. The van der Waals surface area contributed by atoms with E-state index >= 15 is 0 Å². The van der Waals surface area contributed by atoms with Gasteiger partial charge in [0.05, 0.1) is 0 Å². The highest BCUT2D eigenvalue weighted by Gasteiger charge is 2.10. The average Bonchev–Trinajstić information content (AvgIpc) is 2.40. The van der Waals surface area contributed by atoms with Crippen molar-refractivity contribution in [2.24, 2.45) is 5.92 Å². The van der Waals surface area contributed by atoms with Gasteiger partial charge in [-0.25, -0.2) is 9.66 Å². The molecule has 0 aromatic carbocycles. The van der Waals surface area contributed by atoms with E-state index in [0.717, 1.165) is 17.4 Å². The maximum absolute atomic E-state index is 12.0. The van der Waals surface area contributed by atoms with Crippen molar-refractivity contribution in [1.82, 2.24) is 9.66 Å². The van der Waals surface area contributed by atoms with E-state index in [-0.39, 0.29) is 5.91 Å². The summed E-state index contributed by atoms with van der Waals surface area (Å²) in [5.41, 5.74) is 4.59. The fourth-order valence-corrected chi connectivity index (χ4v) is 2.43. The second-order valence-electron chi connectivity index (χ2n) is 5.21. The van der Waals surface area contributed by atoms with E-state index in [2.05, 4.69) is 10.4 Å². The molecule has 0 unspecified atom stereocenters. The number of carbonyl (C=O) groups is 1. The highest BCUT2D eigenvalue weighted by atomic mass is 32.1. The first kappa shape index (κ1) is 14.7. The van der Waals surface area contributed by atoms with Crippen molar-refractivity contribution in [3.63, 3.8) is 0 Å². The summed E-state index contributed by atoms with van der Waals surface area (Å²) in [6.45, 7) is 6.07. The number of hydrogen-bond donors (Lipinski definition) is 1. The van der Waals surface area contributed by atoms with Crippen LogP contribution in [0.1, 0.15) is 32.8 Å². The highest BCUT2D eigenvalue weighted by molar-refractivity contribution is 7.71. The minimum absolute atomic E-state index is 0.0451. The van der Waals surface area contributed by atoms with Gasteiger partial charge in [-0.2, -0.15) is 0 Å². The van der Waals surface area contributed by atoms with Crippen LogP contribution in [0.25, 0.3) is 11.0 Å². The third-order valence-corrected chi connectivity index (χ3v) is 3.49. The Balaban J connectivity index is 2.52. The zero-order valence-electron chi connectivity index (χ0n) is 12.0. The molecule has 1 amide bonds. The molecule has 0 saturated carbocycles. The van der Waals surface area contributed by atoms with Crippen LogP contribution in [0.4, 0.5) is 0 Å². The van der Waals surface area contributed by atoms with Gasteiger partial charge in [0.15, 0.2) is 5.65 Å². The van der Waals surface area contributed by atoms with Crippen molar-refractivity contribution in [3.8, 4) is 0 Å². The molecule has 0 fully saturated rings. The van der Waals surface area contributed by atoms with E-state index < -0.39 is 0 Å². The Morgan fingerprint density at radius 2 is 2.25 bits per heavy atom. The summed E-state index contributed by atoms with van der Waals surface area (Å²) in [7, 11) is 0. The molecule has 2 aromatic heterocycles. The van der Waals surface area contributed by atoms with E-state index in [0.29, 0.717) is 22.6 Å². The van der Waals surface area contributed by atoms with Crippen LogP contribution >= 0.6 is 12.2 Å². The number of aryl methyl sites for hydroxylation is 1. The molecule has 0 bridgehead atoms. The van der Waals surface area contributed by atoms with Crippen LogP contribution in [-0.2, 0) is 11.2 Å². The standard InChI is InChI=1S/C15H19N3OS/c1-4-11-9-12-6-5-7-16-14(12)18(15(11)20)17-13(19)8-10(2)3/h5-7,9-10H,4,8H2,1-3H3,(H,17,19). The zero-order valence-corrected chi connectivity index (χ0v) is 12.8. The van der Waals surface area contributed by atoms with Crippen molar-refractivity contribution >= 4 is 29.2 Å². The summed E-state index contributed by atoms with van der Waals surface area (Å²) < 4.78 is 2.25. The van der Waals surface area contributed by atoms with E-state index in [9.17, 15) is 4.79 Å². The first-order chi connectivity index (χ1) is 9.52. The minimum Gasteiger partial charge on any atom is -0.273 e. The van der Waals surface area contributed by atoms with Crippen LogP contribution in [0.15, 0.2) is 24.4 Å². The average molecular weight is 289 g/mol. The molecule has 20 heavy (non-hydrogen) atoms. The third kappa shape index (κ3) is 3.04. The molecule has 0 saturated heterocycles. The SMILES string of the molecule is CCc1cc2cccnc2n(NC(=O)CC(C)C)c1=S. The quantitative estimate of drug-likeness (QED) is 0.877. The van der Waals surface area contributed by atoms with Crippen LogP contribution in [0.3, 0.4) is 0 Å². The number of amides is 1. The topological polar surface area (TPSA) is 46.9 Å². The molecule has 1 N–H and O–H groups in total. The number of fused-ring (bicyclic) bond motifs is 1. The van der Waals surface area contributed by atoms with Gasteiger partial charge in [-0.3, -0.25) is 10.2 Å². The van der Waals surface area contributed by atoms with Gasteiger partial charge in [0.2, 0.25) is 5.91 Å². The molecule has 4 nitrogen and oxygen atoms in total. The predicted molar refractivity (Wildman–Crippen MR) is 83.8 cm³/mol. The van der Waals surface area contributed by atoms with Gasteiger partial charge in [-0.1, -0.05) is 33.0 Å². The molecule has 106 valence electrons. The van der Waals surface area contributed by atoms with Gasteiger partial charge in [-0.05, 0) is 36.1 Å². The van der Waals surface area contributed by atoms with Crippen molar-refractivity contribution in [1.29, 1.82) is 0 Å². The van der Waals surface area contributed by atoms with Crippen LogP contribution < -0.4 is 5.43 Å². The number of nitrogens with zero attached hydrogens (tertiary/aromatic N) is 2. The lowest BCUT2D eigenvalue weighted by atomic mass is 10.1. The predicted octanol–water partition coefficient (Wildman–Crippen LogP) is 3.44. The first-order valence-corrected chi connectivity index (χ1v) is 7.23. The van der Waals surface area contributed by atoms with Crippen LogP contribution in [0.2, 0.25) is 0 Å². The Morgan fingerprint density at radius 3 is 2.90 bits per heavy atom. The van der Waals surface area contributed by atoms with Gasteiger partial charge < -0.3 is 0 Å². The molecule has 0 aliphatic heterocycles. The molecular formula is C15H19N3OS. The fourth-order valence-electron chi connectivity index (χ4n) is 2.10. The Labute approximate surface area is 123 Å². The fraction of sp³-hybridized carbons (Fsp3) is 0.400. The van der Waals surface area contributed by atoms with Crippen molar-refractivity contribution < 1.29 is 4.79 Å². The molecule has 0 radical (unpaired) electrons. The number of nitrogens with one attached hydrogen (secondary N) is 1. The minimum atomic E-state index is -0.0451. The first-order valence-electron chi connectivity index (χ1n) is 6.82. The summed E-state index contributed by atoms with van der Waals surface area (Å²) in [6.07, 6.45) is 2.99. The largest absolute Gasteiger partial charge is 0.273 e. The third-order valence-electron chi connectivity index (χ3n) is 3.05. The Hall–Kier alpha value is -1.75. The normalized spacial score (nSPS) is 11.0. The van der Waals surface area contributed by atoms with Gasteiger partial charge in [0, 0.05) is 18.0 Å². The van der Waals surface area contributed by atoms with E-state index in [1.165, 1.54) is 0 Å². The van der Waals surface area contributed by atoms with Crippen LogP contribution in [0, 0.1) is 10.6 Å². The molecule has 5 heteroatoms. The number of rotatable bonds is 4. The summed E-state index contributed by atoms with van der Waals surface area (Å²) in [6, 6.07) is 5.89. The lowest BCUT2D eigenvalue weighted by Crippen LogP contribution is -2.26. The Bertz CT molecular complexity index is 691. The summed E-state index contributed by atoms with van der Waals surface area (Å²) in [5, 5.41) is 0.975. The van der Waals surface area contributed by atoms with Gasteiger partial charge >= 0.3 is 0 Å². The lowest BCUT2D eigenvalue weighted by Gasteiger charge is -2.15. The number of pyridine rings is 2. The second-order valence-corrected chi connectivity index (χ2v) is 5.60. The van der Waals surface area contributed by atoms with Gasteiger partial charge in [-0.15, -0.1) is 0 Å². The highest BCUT2D eigenvalue weighted by Crippen LogP contribution is 2.16. The van der Waals surface area contributed by atoms with Crippen LogP contribution in [-0.4, -0.2) is 15.6 Å². The Morgan fingerprint density at radius 1 is 1.50 bits per heavy atom. The molecule has 0 atom stereocenters. The van der Waals surface area contributed by atoms with Crippen molar-refractivity contribution in [3.05, 3.63) is 34.6 Å². The van der Waals surface area contributed by atoms with E-state index in [1.807, 2.05) is 39.0 Å². The summed E-state index contributed by atoms with van der Waals surface area (Å²) in [4.78, 5) is 16.3. The Kier molecular flexibility index (Phi) is 4.49. The molecule has 0 aliphatic carbocycles. The van der Waals surface area contributed by atoms with Crippen molar-refractivity contribution in [2.45, 2.75) is 33.6 Å². The van der Waals surface area contributed by atoms with Crippen LogP contribution in [0.5, 0.6) is 0 Å². The summed E-state index contributed by atoms with van der Waals surface area (Å²) in [5.74, 6) is 0.258. The second kappa shape index (κ2) is 6.13. The summed E-state index contributed by atoms with van der Waals surface area (Å²) >= 11 is 5.46. The lowest BCUT2D eigenvalue weighted by molar-refractivity contribution is -0.117. The number of carbonyl (C=O) groups excluding carboxylic acids is 1. The molecule has 2 heterocycles. The van der Waals surface area contributed by atoms with E-state index in [4.69, 9.17) is 12.2 Å².